The molecular formula is C14H14ClNO2S. The van der Waals surface area contributed by atoms with Crippen molar-refractivity contribution in [1.29, 1.82) is 0 Å². The Balaban J connectivity index is 1.89. The summed E-state index contributed by atoms with van der Waals surface area (Å²) in [4.78, 5) is 0.663. The second-order valence-corrected chi connectivity index (χ2v) is 5.87. The van der Waals surface area contributed by atoms with Crippen LogP contribution in [0, 0.1) is 0 Å². The molecule has 0 saturated carbocycles. The number of anilines is 1. The van der Waals surface area contributed by atoms with Crippen molar-refractivity contribution in [2.45, 2.75) is 4.90 Å². The average Bonchev–Trinajstić information content (AvgIpc) is 2.43. The van der Waals surface area contributed by atoms with Crippen molar-refractivity contribution < 1.29 is 8.95 Å². The van der Waals surface area contributed by atoms with Crippen LogP contribution in [0.1, 0.15) is 0 Å². The van der Waals surface area contributed by atoms with Gasteiger partial charge in [-0.15, -0.1) is 0 Å². The van der Waals surface area contributed by atoms with Gasteiger partial charge in [-0.1, -0.05) is 29.8 Å². The first-order valence-corrected chi connectivity index (χ1v) is 7.48. The van der Waals surface area contributed by atoms with E-state index in [0.717, 1.165) is 5.75 Å². The van der Waals surface area contributed by atoms with Crippen molar-refractivity contribution in [3.63, 3.8) is 0 Å². The molecule has 0 aliphatic heterocycles. The Bertz CT molecular complexity index is 575. The van der Waals surface area contributed by atoms with Crippen molar-refractivity contribution in [3.05, 3.63) is 53.6 Å². The Hall–Kier alpha value is -1.52. The van der Waals surface area contributed by atoms with E-state index in [4.69, 9.17) is 22.1 Å². The number of nitrogen functional groups attached to an aromatic ring is 1. The quantitative estimate of drug-likeness (QED) is 0.862. The third kappa shape index (κ3) is 3.98. The summed E-state index contributed by atoms with van der Waals surface area (Å²) in [6.07, 6.45) is 0. The van der Waals surface area contributed by atoms with Gasteiger partial charge in [0.2, 0.25) is 0 Å². The van der Waals surface area contributed by atoms with Crippen molar-refractivity contribution in [2.75, 3.05) is 18.1 Å². The lowest BCUT2D eigenvalue weighted by Gasteiger charge is -2.07. The van der Waals surface area contributed by atoms with E-state index in [1.54, 1.807) is 18.2 Å². The van der Waals surface area contributed by atoms with Gasteiger partial charge < -0.3 is 10.5 Å². The number of hydrogen-bond donors (Lipinski definition) is 1. The third-order valence-electron chi connectivity index (χ3n) is 2.52. The topological polar surface area (TPSA) is 52.3 Å². The normalized spacial score (nSPS) is 12.1. The molecule has 2 N–H and O–H groups in total. The fraction of sp³-hybridized carbons (Fsp3) is 0.143. The van der Waals surface area contributed by atoms with Gasteiger partial charge in [-0.05, 0) is 30.3 Å². The molecule has 0 saturated heterocycles. The number of ether oxygens (including phenoxy) is 1. The molecule has 0 radical (unpaired) electrons. The Morgan fingerprint density at radius 2 is 1.89 bits per heavy atom. The van der Waals surface area contributed by atoms with Crippen LogP contribution in [0.5, 0.6) is 5.75 Å². The number of para-hydroxylation sites is 1. The molecule has 19 heavy (non-hydrogen) atoms. The van der Waals surface area contributed by atoms with Crippen molar-refractivity contribution >= 4 is 28.1 Å². The minimum Gasteiger partial charge on any atom is -0.493 e. The summed E-state index contributed by atoms with van der Waals surface area (Å²) in [5.74, 6) is 1.18. The van der Waals surface area contributed by atoms with Crippen LogP contribution >= 0.6 is 11.6 Å². The highest BCUT2D eigenvalue weighted by Crippen LogP contribution is 2.21. The number of rotatable bonds is 5. The number of nitrogens with two attached hydrogens (primary N) is 1. The minimum atomic E-state index is -1.14. The molecule has 2 rings (SSSR count). The zero-order chi connectivity index (χ0) is 13.7. The molecule has 0 bridgehead atoms. The lowest BCUT2D eigenvalue weighted by molar-refractivity contribution is 0.342. The Morgan fingerprint density at radius 1 is 1.16 bits per heavy atom. The van der Waals surface area contributed by atoms with E-state index in [-0.39, 0.29) is 0 Å². The van der Waals surface area contributed by atoms with Crippen molar-refractivity contribution in [3.8, 4) is 5.75 Å². The maximum atomic E-state index is 12.0. The van der Waals surface area contributed by atoms with Crippen LogP contribution in [0.15, 0.2) is 53.4 Å². The largest absolute Gasteiger partial charge is 0.493 e. The summed E-state index contributed by atoms with van der Waals surface area (Å²) in [6.45, 7) is 0.388. The molecule has 0 aliphatic carbocycles. The number of hydrogen-bond acceptors (Lipinski definition) is 3. The van der Waals surface area contributed by atoms with Crippen LogP contribution in [-0.4, -0.2) is 16.6 Å². The second-order valence-electron chi connectivity index (χ2n) is 3.89. The molecule has 3 nitrogen and oxygen atoms in total. The summed E-state index contributed by atoms with van der Waals surface area (Å²) in [5, 5.41) is 0.426. The molecule has 0 spiro atoms. The first-order chi connectivity index (χ1) is 9.16. The van der Waals surface area contributed by atoms with E-state index in [2.05, 4.69) is 0 Å². The van der Waals surface area contributed by atoms with Crippen LogP contribution in [0.2, 0.25) is 5.02 Å². The number of benzene rings is 2. The molecule has 0 amide bonds. The first kappa shape index (κ1) is 13.9. The van der Waals surface area contributed by atoms with Gasteiger partial charge in [-0.2, -0.15) is 0 Å². The fourth-order valence-corrected chi connectivity index (χ4v) is 2.70. The van der Waals surface area contributed by atoms with Gasteiger partial charge in [0, 0.05) is 4.90 Å². The maximum Gasteiger partial charge on any atom is 0.119 e. The highest BCUT2D eigenvalue weighted by atomic mass is 35.5. The summed E-state index contributed by atoms with van der Waals surface area (Å²) < 4.78 is 17.5. The van der Waals surface area contributed by atoms with E-state index >= 15 is 0 Å². The Morgan fingerprint density at radius 3 is 2.58 bits per heavy atom. The summed E-state index contributed by atoms with van der Waals surface area (Å²) in [6, 6.07) is 14.5. The van der Waals surface area contributed by atoms with Crippen molar-refractivity contribution in [1.82, 2.24) is 0 Å². The highest BCUT2D eigenvalue weighted by molar-refractivity contribution is 7.85. The predicted octanol–water partition coefficient (Wildman–Crippen LogP) is 3.11. The van der Waals surface area contributed by atoms with Crippen LogP contribution < -0.4 is 10.5 Å². The zero-order valence-corrected chi connectivity index (χ0v) is 11.8. The molecule has 2 aromatic rings. The third-order valence-corrected chi connectivity index (χ3v) is 4.16. The van der Waals surface area contributed by atoms with Crippen LogP contribution in [0.25, 0.3) is 0 Å². The summed E-state index contributed by atoms with van der Waals surface area (Å²) in [5.41, 5.74) is 6.10. The molecular weight excluding hydrogens is 282 g/mol. The van der Waals surface area contributed by atoms with Gasteiger partial charge in [0.15, 0.2) is 0 Å². The van der Waals surface area contributed by atoms with Gasteiger partial charge >= 0.3 is 0 Å². The van der Waals surface area contributed by atoms with Gasteiger partial charge in [-0.25, -0.2) is 0 Å². The molecule has 1 unspecified atom stereocenters. The van der Waals surface area contributed by atoms with E-state index in [9.17, 15) is 4.21 Å². The average molecular weight is 296 g/mol. The van der Waals surface area contributed by atoms with E-state index in [1.807, 2.05) is 30.3 Å². The predicted molar refractivity (Wildman–Crippen MR) is 79.1 cm³/mol. The first-order valence-electron chi connectivity index (χ1n) is 5.78. The van der Waals surface area contributed by atoms with Crippen LogP contribution in [-0.2, 0) is 10.8 Å². The zero-order valence-electron chi connectivity index (χ0n) is 10.2. The molecule has 0 fully saturated rings. The fourth-order valence-electron chi connectivity index (χ4n) is 1.52. The van der Waals surface area contributed by atoms with Gasteiger partial charge in [0.05, 0.1) is 27.3 Å². The lowest BCUT2D eigenvalue weighted by atomic mass is 10.3. The minimum absolute atomic E-state index is 0.388. The molecule has 1 atom stereocenters. The molecule has 2 aromatic carbocycles. The molecule has 0 aromatic heterocycles. The molecule has 5 heteroatoms. The van der Waals surface area contributed by atoms with Crippen LogP contribution in [0.4, 0.5) is 5.69 Å². The van der Waals surface area contributed by atoms with Gasteiger partial charge in [0.25, 0.3) is 0 Å². The summed E-state index contributed by atoms with van der Waals surface area (Å²) in [7, 11) is -1.14. The monoisotopic (exact) mass is 295 g/mol. The Kier molecular flexibility index (Phi) is 4.82. The smallest absolute Gasteiger partial charge is 0.119 e. The molecule has 100 valence electrons. The molecule has 0 aliphatic rings. The van der Waals surface area contributed by atoms with E-state index < -0.39 is 10.8 Å². The standard InChI is InChI=1S/C14H14ClNO2S/c15-13-10-12(6-7-14(13)16)19(17)9-8-18-11-4-2-1-3-5-11/h1-7,10H,8-9,16H2. The molecule has 0 heterocycles. The second kappa shape index (κ2) is 6.59. The number of halogens is 1. The Labute approximate surface area is 119 Å². The summed E-state index contributed by atoms with van der Waals surface area (Å²) >= 11 is 5.90. The SMILES string of the molecule is Nc1ccc(S(=O)CCOc2ccccc2)cc1Cl. The highest BCUT2D eigenvalue weighted by Gasteiger charge is 2.06. The van der Waals surface area contributed by atoms with Gasteiger partial charge in [-0.3, -0.25) is 4.21 Å². The maximum absolute atomic E-state index is 12.0. The lowest BCUT2D eigenvalue weighted by Crippen LogP contribution is -2.08. The van der Waals surface area contributed by atoms with Gasteiger partial charge in [0.1, 0.15) is 12.4 Å². The van der Waals surface area contributed by atoms with E-state index in [0.29, 0.717) is 28.0 Å². The van der Waals surface area contributed by atoms with Crippen molar-refractivity contribution in [2.24, 2.45) is 0 Å². The van der Waals surface area contributed by atoms with Crippen LogP contribution in [0.3, 0.4) is 0 Å². The van der Waals surface area contributed by atoms with E-state index in [1.165, 1.54) is 0 Å².